The number of halogens is 1. The molecular weight excluding hydrogens is 326 g/mol. The van der Waals surface area contributed by atoms with E-state index >= 15 is 0 Å². The van der Waals surface area contributed by atoms with Crippen molar-refractivity contribution in [2.75, 3.05) is 18.7 Å². The standard InChI is InChI=1S/C13H14BrN3O3/c14-11-3-9(4-12-13(11)20-8-19-12)5-15-10-6-16-17(7-10)1-2-18/h3-4,6-7,15,18H,1-2,5,8H2. The summed E-state index contributed by atoms with van der Waals surface area (Å²) >= 11 is 3.47. The number of aromatic nitrogens is 2. The molecule has 1 aromatic heterocycles. The van der Waals surface area contributed by atoms with Crippen LogP contribution in [0.25, 0.3) is 0 Å². The summed E-state index contributed by atoms with van der Waals surface area (Å²) in [4.78, 5) is 0. The molecule has 106 valence electrons. The highest BCUT2D eigenvalue weighted by Crippen LogP contribution is 2.40. The van der Waals surface area contributed by atoms with Crippen LogP contribution in [0.15, 0.2) is 29.0 Å². The molecule has 0 atom stereocenters. The first kappa shape index (κ1) is 13.3. The van der Waals surface area contributed by atoms with Gasteiger partial charge in [-0.3, -0.25) is 4.68 Å². The minimum absolute atomic E-state index is 0.0796. The minimum Gasteiger partial charge on any atom is -0.454 e. The Morgan fingerprint density at radius 1 is 1.40 bits per heavy atom. The van der Waals surface area contributed by atoms with Crippen molar-refractivity contribution in [2.45, 2.75) is 13.1 Å². The predicted molar refractivity (Wildman–Crippen MR) is 76.9 cm³/mol. The Hall–Kier alpha value is -1.73. The van der Waals surface area contributed by atoms with Crippen molar-refractivity contribution in [3.8, 4) is 11.5 Å². The van der Waals surface area contributed by atoms with E-state index in [4.69, 9.17) is 14.6 Å². The number of ether oxygens (including phenoxy) is 2. The molecule has 0 spiro atoms. The average molecular weight is 340 g/mol. The fraction of sp³-hybridized carbons (Fsp3) is 0.308. The maximum Gasteiger partial charge on any atom is 0.231 e. The summed E-state index contributed by atoms with van der Waals surface area (Å²) < 4.78 is 13.3. The molecule has 7 heteroatoms. The first-order valence-corrected chi connectivity index (χ1v) is 7.01. The normalized spacial score (nSPS) is 12.7. The van der Waals surface area contributed by atoms with Crippen molar-refractivity contribution < 1.29 is 14.6 Å². The van der Waals surface area contributed by atoms with Crippen molar-refractivity contribution >= 4 is 21.6 Å². The lowest BCUT2D eigenvalue weighted by Gasteiger charge is -2.06. The maximum atomic E-state index is 8.84. The van der Waals surface area contributed by atoms with Crippen LogP contribution in [0.5, 0.6) is 11.5 Å². The molecule has 1 aliphatic rings. The highest BCUT2D eigenvalue weighted by Gasteiger charge is 2.17. The van der Waals surface area contributed by atoms with E-state index < -0.39 is 0 Å². The van der Waals surface area contributed by atoms with Crippen molar-refractivity contribution in [1.82, 2.24) is 9.78 Å². The Morgan fingerprint density at radius 2 is 2.30 bits per heavy atom. The lowest BCUT2D eigenvalue weighted by Crippen LogP contribution is -2.02. The van der Waals surface area contributed by atoms with Crippen LogP contribution in [0.1, 0.15) is 5.56 Å². The predicted octanol–water partition coefficient (Wildman–Crippen LogP) is 1.98. The highest BCUT2D eigenvalue weighted by molar-refractivity contribution is 9.10. The van der Waals surface area contributed by atoms with Crippen LogP contribution < -0.4 is 14.8 Å². The van der Waals surface area contributed by atoms with Gasteiger partial charge in [-0.05, 0) is 33.6 Å². The van der Waals surface area contributed by atoms with Crippen LogP contribution in [0.2, 0.25) is 0 Å². The van der Waals surface area contributed by atoms with Crippen molar-refractivity contribution in [3.05, 3.63) is 34.6 Å². The Kier molecular flexibility index (Phi) is 3.79. The third-order valence-electron chi connectivity index (χ3n) is 2.95. The zero-order valence-corrected chi connectivity index (χ0v) is 12.3. The molecule has 0 aliphatic carbocycles. The molecule has 0 bridgehead atoms. The SMILES string of the molecule is OCCn1cc(NCc2cc(Br)c3c(c2)OCO3)cn1. The van der Waals surface area contributed by atoms with Crippen LogP contribution in [0.4, 0.5) is 5.69 Å². The first-order chi connectivity index (χ1) is 9.76. The molecule has 2 N–H and O–H groups in total. The zero-order valence-electron chi connectivity index (χ0n) is 10.7. The molecule has 6 nitrogen and oxygen atoms in total. The molecule has 0 amide bonds. The molecule has 1 aliphatic heterocycles. The number of hydrogen-bond acceptors (Lipinski definition) is 5. The minimum atomic E-state index is 0.0796. The zero-order chi connectivity index (χ0) is 13.9. The van der Waals surface area contributed by atoms with E-state index in [-0.39, 0.29) is 13.4 Å². The van der Waals surface area contributed by atoms with E-state index in [2.05, 4.69) is 26.3 Å². The molecule has 2 heterocycles. The molecular formula is C13H14BrN3O3. The number of hydrogen-bond donors (Lipinski definition) is 2. The number of aliphatic hydroxyl groups excluding tert-OH is 1. The van der Waals surface area contributed by atoms with Gasteiger partial charge in [0.05, 0.1) is 29.5 Å². The molecule has 0 saturated carbocycles. The third-order valence-corrected chi connectivity index (χ3v) is 3.54. The van der Waals surface area contributed by atoms with Crippen LogP contribution in [0.3, 0.4) is 0 Å². The van der Waals surface area contributed by atoms with Gasteiger partial charge in [0.2, 0.25) is 6.79 Å². The number of nitrogens with one attached hydrogen (secondary N) is 1. The molecule has 0 unspecified atom stereocenters. The molecule has 0 saturated heterocycles. The number of benzene rings is 1. The Morgan fingerprint density at radius 3 is 3.15 bits per heavy atom. The summed E-state index contributed by atoms with van der Waals surface area (Å²) in [5.74, 6) is 1.51. The fourth-order valence-electron chi connectivity index (χ4n) is 2.01. The van der Waals surface area contributed by atoms with Gasteiger partial charge in [-0.15, -0.1) is 0 Å². The van der Waals surface area contributed by atoms with Gasteiger partial charge < -0.3 is 19.9 Å². The molecule has 20 heavy (non-hydrogen) atoms. The second-order valence-electron chi connectivity index (χ2n) is 4.38. The van der Waals surface area contributed by atoms with Gasteiger partial charge in [0.25, 0.3) is 0 Å². The number of rotatable bonds is 5. The largest absolute Gasteiger partial charge is 0.454 e. The van der Waals surface area contributed by atoms with E-state index in [0.717, 1.165) is 27.2 Å². The van der Waals surface area contributed by atoms with Crippen molar-refractivity contribution in [2.24, 2.45) is 0 Å². The van der Waals surface area contributed by atoms with E-state index in [1.165, 1.54) is 0 Å². The quantitative estimate of drug-likeness (QED) is 0.871. The molecule has 0 radical (unpaired) electrons. The number of aliphatic hydroxyl groups is 1. The third kappa shape index (κ3) is 2.73. The summed E-state index contributed by atoms with van der Waals surface area (Å²) in [6.45, 7) is 1.49. The topological polar surface area (TPSA) is 68.5 Å². The summed E-state index contributed by atoms with van der Waals surface area (Å²) in [6, 6.07) is 3.96. The van der Waals surface area contributed by atoms with Crippen LogP contribution in [0, 0.1) is 0 Å². The van der Waals surface area contributed by atoms with Gasteiger partial charge >= 0.3 is 0 Å². The van der Waals surface area contributed by atoms with Crippen LogP contribution in [-0.4, -0.2) is 28.3 Å². The average Bonchev–Trinajstić information content (AvgIpc) is 3.06. The van der Waals surface area contributed by atoms with Gasteiger partial charge in [0.15, 0.2) is 11.5 Å². The van der Waals surface area contributed by atoms with E-state index in [1.54, 1.807) is 10.9 Å². The van der Waals surface area contributed by atoms with Gasteiger partial charge in [0, 0.05) is 12.7 Å². The Balaban J connectivity index is 1.67. The van der Waals surface area contributed by atoms with Gasteiger partial charge in [0.1, 0.15) is 0 Å². The molecule has 1 aromatic carbocycles. The second-order valence-corrected chi connectivity index (χ2v) is 5.24. The highest BCUT2D eigenvalue weighted by atomic mass is 79.9. The molecule has 3 rings (SSSR count). The Labute approximate surface area is 124 Å². The van der Waals surface area contributed by atoms with Gasteiger partial charge in [-0.1, -0.05) is 0 Å². The van der Waals surface area contributed by atoms with Crippen molar-refractivity contribution in [1.29, 1.82) is 0 Å². The Bertz CT molecular complexity index is 615. The number of anilines is 1. The fourth-order valence-corrected chi connectivity index (χ4v) is 2.61. The summed E-state index contributed by atoms with van der Waals surface area (Å²) in [5, 5.41) is 16.3. The van der Waals surface area contributed by atoms with Crippen LogP contribution in [-0.2, 0) is 13.1 Å². The van der Waals surface area contributed by atoms with E-state index in [1.807, 2.05) is 18.3 Å². The van der Waals surface area contributed by atoms with E-state index in [9.17, 15) is 0 Å². The first-order valence-electron chi connectivity index (χ1n) is 6.21. The van der Waals surface area contributed by atoms with Gasteiger partial charge in [-0.25, -0.2) is 0 Å². The smallest absolute Gasteiger partial charge is 0.231 e. The number of fused-ring (bicyclic) bond motifs is 1. The van der Waals surface area contributed by atoms with E-state index in [0.29, 0.717) is 13.1 Å². The lowest BCUT2D eigenvalue weighted by atomic mass is 10.2. The molecule has 0 fully saturated rings. The lowest BCUT2D eigenvalue weighted by molar-refractivity contribution is 0.173. The monoisotopic (exact) mass is 339 g/mol. The van der Waals surface area contributed by atoms with Crippen LogP contribution >= 0.6 is 15.9 Å². The maximum absolute atomic E-state index is 8.84. The summed E-state index contributed by atoms with van der Waals surface area (Å²) in [6.07, 6.45) is 3.59. The second kappa shape index (κ2) is 5.72. The van der Waals surface area contributed by atoms with Gasteiger partial charge in [-0.2, -0.15) is 5.10 Å². The number of nitrogens with zero attached hydrogens (tertiary/aromatic N) is 2. The summed E-state index contributed by atoms with van der Waals surface area (Å²) in [5.41, 5.74) is 1.99. The van der Waals surface area contributed by atoms with Crippen molar-refractivity contribution in [3.63, 3.8) is 0 Å². The molecule has 2 aromatic rings. The summed E-state index contributed by atoms with van der Waals surface area (Å²) in [7, 11) is 0.